The minimum atomic E-state index is -4.46. The predicted molar refractivity (Wildman–Crippen MR) is 81.0 cm³/mol. The summed E-state index contributed by atoms with van der Waals surface area (Å²) in [6.07, 6.45) is -0.501. The Balaban J connectivity index is 2.21. The molecule has 1 aromatic heterocycles. The molecule has 8 heteroatoms. The number of thiazole rings is 1. The van der Waals surface area contributed by atoms with Gasteiger partial charge in [0.15, 0.2) is 5.13 Å². The molecule has 0 atom stereocenters. The first-order valence-electron chi connectivity index (χ1n) is 6.01. The van der Waals surface area contributed by atoms with E-state index in [2.05, 4.69) is 4.98 Å². The van der Waals surface area contributed by atoms with Crippen LogP contribution in [0.3, 0.4) is 0 Å². The molecule has 2 rings (SSSR count). The van der Waals surface area contributed by atoms with Crippen molar-refractivity contribution in [3.8, 4) is 0 Å². The summed E-state index contributed by atoms with van der Waals surface area (Å²) >= 11 is 7.13. The van der Waals surface area contributed by atoms with Gasteiger partial charge in [0.2, 0.25) is 0 Å². The van der Waals surface area contributed by atoms with E-state index in [0.29, 0.717) is 5.13 Å². The van der Waals surface area contributed by atoms with Gasteiger partial charge in [-0.2, -0.15) is 13.2 Å². The maximum atomic E-state index is 12.7. The van der Waals surface area contributed by atoms with Crippen LogP contribution in [0.4, 0.5) is 18.3 Å². The molecule has 0 radical (unpaired) electrons. The van der Waals surface area contributed by atoms with Crippen molar-refractivity contribution >= 4 is 40.1 Å². The molecule has 22 heavy (non-hydrogen) atoms. The minimum absolute atomic E-state index is 0.123. The van der Waals surface area contributed by atoms with Crippen molar-refractivity contribution in [2.24, 2.45) is 0 Å². The number of anilines is 1. The third-order valence-corrected chi connectivity index (χ3v) is 3.96. The van der Waals surface area contributed by atoms with Gasteiger partial charge < -0.3 is 0 Å². The molecule has 116 valence electrons. The lowest BCUT2D eigenvalue weighted by Gasteiger charge is -2.11. The van der Waals surface area contributed by atoms with Crippen molar-refractivity contribution in [1.82, 2.24) is 4.98 Å². The topological polar surface area (TPSA) is 33.2 Å². The smallest absolute Gasteiger partial charge is 0.288 e. The van der Waals surface area contributed by atoms with E-state index in [4.69, 9.17) is 11.6 Å². The Kier molecular flexibility index (Phi) is 4.87. The maximum Gasteiger partial charge on any atom is 0.416 e. The molecule has 2 aromatic rings. The Morgan fingerprint density at radius 3 is 2.73 bits per heavy atom. The number of aromatic nitrogens is 1. The second kappa shape index (κ2) is 6.50. The van der Waals surface area contributed by atoms with Crippen LogP contribution < -0.4 is 4.90 Å². The number of hydrogen-bond donors (Lipinski definition) is 0. The van der Waals surface area contributed by atoms with Crippen LogP contribution in [0.2, 0.25) is 5.02 Å². The average molecular weight is 347 g/mol. The first kappa shape index (κ1) is 16.5. The highest BCUT2D eigenvalue weighted by Gasteiger charge is 2.30. The predicted octanol–water partition coefficient (Wildman–Crippen LogP) is 4.49. The molecule has 0 aliphatic rings. The summed E-state index contributed by atoms with van der Waals surface area (Å²) in [5.41, 5.74) is -0.699. The molecule has 3 nitrogen and oxygen atoms in total. The zero-order chi connectivity index (χ0) is 16.3. The van der Waals surface area contributed by atoms with Gasteiger partial charge in [-0.25, -0.2) is 4.98 Å². The van der Waals surface area contributed by atoms with E-state index in [9.17, 15) is 18.0 Å². The molecular formula is C14H10ClF3N2OS. The summed E-state index contributed by atoms with van der Waals surface area (Å²) in [6, 6.07) is 2.94. The number of carbonyl (C=O) groups excluding carboxylic acids is 1. The first-order chi connectivity index (χ1) is 10.3. The highest BCUT2D eigenvalue weighted by molar-refractivity contribution is 7.13. The lowest BCUT2D eigenvalue weighted by Crippen LogP contribution is -2.23. The molecule has 0 saturated carbocycles. The normalized spacial score (nSPS) is 11.9. The Bertz CT molecular complexity index is 699. The summed E-state index contributed by atoms with van der Waals surface area (Å²) in [7, 11) is 1.53. The standard InChI is InChI=1S/C14H10ClF3N2OS/c1-20(13-19-6-7-22-13)12(21)5-2-9-8-10(14(16,17)18)3-4-11(9)15/h2-8H,1H3/b5-2+. The summed E-state index contributed by atoms with van der Waals surface area (Å²) in [6.45, 7) is 0. The lowest BCUT2D eigenvalue weighted by molar-refractivity contribution is -0.137. The highest BCUT2D eigenvalue weighted by atomic mass is 35.5. The second-order valence-electron chi connectivity index (χ2n) is 4.28. The van der Waals surface area contributed by atoms with Gasteiger partial charge in [-0.05, 0) is 29.8 Å². The molecule has 1 amide bonds. The molecule has 1 heterocycles. The molecule has 0 saturated heterocycles. The summed E-state index contributed by atoms with van der Waals surface area (Å²) < 4.78 is 38.0. The molecule has 0 spiro atoms. The highest BCUT2D eigenvalue weighted by Crippen LogP contribution is 2.32. The third-order valence-electron chi connectivity index (χ3n) is 2.77. The number of halogens is 4. The molecule has 0 unspecified atom stereocenters. The molecule has 0 N–H and O–H groups in total. The average Bonchev–Trinajstić information content (AvgIpc) is 2.98. The molecule has 0 bridgehead atoms. The minimum Gasteiger partial charge on any atom is -0.288 e. The van der Waals surface area contributed by atoms with Crippen molar-refractivity contribution in [1.29, 1.82) is 0 Å². The van der Waals surface area contributed by atoms with Crippen molar-refractivity contribution in [3.05, 3.63) is 52.0 Å². The fraction of sp³-hybridized carbons (Fsp3) is 0.143. The molecule has 0 aliphatic heterocycles. The summed E-state index contributed by atoms with van der Waals surface area (Å²) in [5, 5.41) is 2.34. The summed E-state index contributed by atoms with van der Waals surface area (Å²) in [4.78, 5) is 17.2. The van der Waals surface area contributed by atoms with Gasteiger partial charge in [-0.15, -0.1) is 11.3 Å². The van der Waals surface area contributed by atoms with Gasteiger partial charge >= 0.3 is 6.18 Å². The van der Waals surface area contributed by atoms with E-state index >= 15 is 0 Å². The van der Waals surface area contributed by atoms with Crippen molar-refractivity contribution < 1.29 is 18.0 Å². The van der Waals surface area contributed by atoms with Crippen LogP contribution in [0, 0.1) is 0 Å². The van der Waals surface area contributed by atoms with Crippen molar-refractivity contribution in [2.75, 3.05) is 11.9 Å². The molecule has 0 fully saturated rings. The number of rotatable bonds is 3. The Morgan fingerprint density at radius 2 is 2.14 bits per heavy atom. The van der Waals surface area contributed by atoms with Gasteiger partial charge in [-0.1, -0.05) is 11.6 Å². The zero-order valence-electron chi connectivity index (χ0n) is 11.3. The molecular weight excluding hydrogens is 337 g/mol. The number of likely N-dealkylation sites (N-methyl/N-ethyl adjacent to an activating group) is 1. The van der Waals surface area contributed by atoms with Gasteiger partial charge in [0.05, 0.1) is 5.56 Å². The SMILES string of the molecule is CN(C(=O)/C=C/c1cc(C(F)(F)F)ccc1Cl)c1nccs1. The quantitative estimate of drug-likeness (QED) is 0.767. The fourth-order valence-electron chi connectivity index (χ4n) is 1.60. The largest absolute Gasteiger partial charge is 0.416 e. The number of benzene rings is 1. The molecule has 1 aromatic carbocycles. The van der Waals surface area contributed by atoms with Gasteiger partial charge in [0, 0.05) is 29.7 Å². The van der Waals surface area contributed by atoms with E-state index in [1.165, 1.54) is 29.4 Å². The molecule has 0 aliphatic carbocycles. The monoisotopic (exact) mass is 346 g/mol. The number of hydrogen-bond acceptors (Lipinski definition) is 3. The van der Waals surface area contributed by atoms with Crippen molar-refractivity contribution in [2.45, 2.75) is 6.18 Å². The third kappa shape index (κ3) is 3.86. The van der Waals surface area contributed by atoms with Crippen molar-refractivity contribution in [3.63, 3.8) is 0 Å². The zero-order valence-corrected chi connectivity index (χ0v) is 12.8. The summed E-state index contributed by atoms with van der Waals surface area (Å²) in [5.74, 6) is -0.413. The Labute approximate surface area is 133 Å². The number of carbonyl (C=O) groups is 1. The number of amides is 1. The van der Waals surface area contributed by atoms with E-state index in [1.807, 2.05) is 0 Å². The van der Waals surface area contributed by atoms with Gasteiger partial charge in [0.1, 0.15) is 0 Å². The van der Waals surface area contributed by atoms with Crippen LogP contribution in [0.15, 0.2) is 35.9 Å². The van der Waals surface area contributed by atoms with E-state index in [-0.39, 0.29) is 10.6 Å². The van der Waals surface area contributed by atoms with Crippen LogP contribution in [-0.4, -0.2) is 17.9 Å². The lowest BCUT2D eigenvalue weighted by atomic mass is 10.1. The Hall–Kier alpha value is -1.86. The number of nitrogens with zero attached hydrogens (tertiary/aromatic N) is 2. The van der Waals surface area contributed by atoms with E-state index < -0.39 is 17.6 Å². The van der Waals surface area contributed by atoms with E-state index in [1.54, 1.807) is 11.6 Å². The van der Waals surface area contributed by atoms with Crippen LogP contribution >= 0.6 is 22.9 Å². The fourth-order valence-corrected chi connectivity index (χ4v) is 2.39. The van der Waals surface area contributed by atoms with Crippen LogP contribution in [0.1, 0.15) is 11.1 Å². The van der Waals surface area contributed by atoms with Crippen LogP contribution in [0.5, 0.6) is 0 Å². The van der Waals surface area contributed by atoms with Crippen LogP contribution in [0.25, 0.3) is 6.08 Å². The van der Waals surface area contributed by atoms with Gasteiger partial charge in [0.25, 0.3) is 5.91 Å². The number of alkyl halides is 3. The van der Waals surface area contributed by atoms with Crippen LogP contribution in [-0.2, 0) is 11.0 Å². The maximum absolute atomic E-state index is 12.7. The van der Waals surface area contributed by atoms with Gasteiger partial charge in [-0.3, -0.25) is 9.69 Å². The first-order valence-corrected chi connectivity index (χ1v) is 7.27. The van der Waals surface area contributed by atoms with E-state index in [0.717, 1.165) is 24.3 Å². The second-order valence-corrected chi connectivity index (χ2v) is 5.56. The Morgan fingerprint density at radius 1 is 1.41 bits per heavy atom.